The number of nitrogens with zero attached hydrogens (tertiary/aromatic N) is 3. The van der Waals surface area contributed by atoms with Gasteiger partial charge in [0.25, 0.3) is 11.9 Å². The van der Waals surface area contributed by atoms with Crippen molar-refractivity contribution in [1.29, 1.82) is 5.26 Å². The second-order valence-corrected chi connectivity index (χ2v) is 3.40. The highest BCUT2D eigenvalue weighted by molar-refractivity contribution is 5.68. The first-order valence-corrected chi connectivity index (χ1v) is 5.16. The third-order valence-electron chi connectivity index (χ3n) is 2.27. The number of hydrogen-bond acceptors (Lipinski definition) is 5. The molecule has 0 unspecified atom stereocenters. The van der Waals surface area contributed by atoms with Crippen LogP contribution >= 0.6 is 0 Å². The van der Waals surface area contributed by atoms with Crippen molar-refractivity contribution in [3.63, 3.8) is 0 Å². The smallest absolute Gasteiger partial charge is 0.333 e. The first-order chi connectivity index (χ1) is 8.58. The van der Waals surface area contributed by atoms with Gasteiger partial charge in [0.1, 0.15) is 0 Å². The van der Waals surface area contributed by atoms with Gasteiger partial charge in [-0.2, -0.15) is 0 Å². The molecule has 1 aromatic rings. The first-order valence-electron chi connectivity index (χ1n) is 5.16. The summed E-state index contributed by atoms with van der Waals surface area (Å²) in [6.45, 7) is 2.21. The zero-order valence-electron chi connectivity index (χ0n) is 9.70. The highest BCUT2D eigenvalue weighted by Gasteiger charge is 2.15. The Morgan fingerprint density at radius 1 is 1.61 bits per heavy atom. The van der Waals surface area contributed by atoms with E-state index in [2.05, 4.69) is 4.74 Å². The van der Waals surface area contributed by atoms with Crippen LogP contribution in [-0.2, 0) is 11.3 Å². The normalized spacial score (nSPS) is 9.33. The van der Waals surface area contributed by atoms with Crippen LogP contribution < -0.4 is 0 Å². The fraction of sp³-hybridized carbons (Fsp3) is 0.273. The van der Waals surface area contributed by atoms with Crippen LogP contribution in [0.2, 0.25) is 0 Å². The molecule has 18 heavy (non-hydrogen) atoms. The lowest BCUT2D eigenvalue weighted by atomic mass is 10.2. The molecule has 0 saturated carbocycles. The lowest BCUT2D eigenvalue weighted by Gasteiger charge is -2.17. The number of ether oxygens (including phenoxy) is 1. The number of rotatable bonds is 4. The van der Waals surface area contributed by atoms with Gasteiger partial charge in [-0.15, -0.1) is 5.26 Å². The maximum atomic E-state index is 11.3. The van der Waals surface area contributed by atoms with Crippen LogP contribution in [0.15, 0.2) is 24.3 Å². The summed E-state index contributed by atoms with van der Waals surface area (Å²) in [5, 5.41) is 18.9. The standard InChI is InChI=1S/C11H11N3O4/c1-2-13(11(15)18-8-12)7-9-4-3-5-10(6-9)14(16)17/h3-6H,2,7H2,1H3. The Hall–Kier alpha value is -2.62. The van der Waals surface area contributed by atoms with E-state index in [1.54, 1.807) is 13.0 Å². The zero-order valence-corrected chi connectivity index (χ0v) is 9.70. The number of nitro groups is 1. The van der Waals surface area contributed by atoms with Gasteiger partial charge in [0.05, 0.1) is 4.92 Å². The lowest BCUT2D eigenvalue weighted by Crippen LogP contribution is -2.29. The average Bonchev–Trinajstić information content (AvgIpc) is 2.36. The first kappa shape index (κ1) is 13.4. The van der Waals surface area contributed by atoms with E-state index in [1.807, 2.05) is 0 Å². The Morgan fingerprint density at radius 2 is 2.33 bits per heavy atom. The third-order valence-corrected chi connectivity index (χ3v) is 2.27. The van der Waals surface area contributed by atoms with Gasteiger partial charge in [0.2, 0.25) is 0 Å². The summed E-state index contributed by atoms with van der Waals surface area (Å²) < 4.78 is 4.20. The van der Waals surface area contributed by atoms with Crippen LogP contribution in [0.5, 0.6) is 0 Å². The predicted octanol–water partition coefficient (Wildman–Crippen LogP) is 2.03. The van der Waals surface area contributed by atoms with E-state index in [0.717, 1.165) is 0 Å². The molecule has 1 rings (SSSR count). The summed E-state index contributed by atoms with van der Waals surface area (Å²) in [5.74, 6) is 0. The van der Waals surface area contributed by atoms with Crippen LogP contribution in [-0.4, -0.2) is 22.5 Å². The Labute approximate surface area is 103 Å². The third kappa shape index (κ3) is 3.45. The van der Waals surface area contributed by atoms with Gasteiger partial charge in [-0.25, -0.2) is 4.79 Å². The van der Waals surface area contributed by atoms with Crippen LogP contribution in [0.4, 0.5) is 10.5 Å². The van der Waals surface area contributed by atoms with E-state index in [4.69, 9.17) is 5.26 Å². The largest absolute Gasteiger partial charge is 0.425 e. The van der Waals surface area contributed by atoms with E-state index >= 15 is 0 Å². The van der Waals surface area contributed by atoms with Crippen molar-refractivity contribution in [3.8, 4) is 6.26 Å². The molecule has 0 spiro atoms. The van der Waals surface area contributed by atoms with Crippen LogP contribution in [0.1, 0.15) is 12.5 Å². The molecule has 0 aliphatic rings. The molecular formula is C11H11N3O4. The number of non-ortho nitro benzene ring substituents is 1. The van der Waals surface area contributed by atoms with Crippen molar-refractivity contribution in [2.24, 2.45) is 0 Å². The molecule has 1 amide bonds. The van der Waals surface area contributed by atoms with E-state index in [9.17, 15) is 14.9 Å². The average molecular weight is 249 g/mol. The summed E-state index contributed by atoms with van der Waals surface area (Å²) in [7, 11) is 0. The number of amides is 1. The summed E-state index contributed by atoms with van der Waals surface area (Å²) in [6, 6.07) is 5.95. The van der Waals surface area contributed by atoms with Crippen LogP contribution in [0.25, 0.3) is 0 Å². The van der Waals surface area contributed by atoms with Gasteiger partial charge < -0.3 is 9.64 Å². The van der Waals surface area contributed by atoms with Gasteiger partial charge in [-0.3, -0.25) is 10.1 Å². The monoisotopic (exact) mass is 249 g/mol. The molecule has 7 heteroatoms. The summed E-state index contributed by atoms with van der Waals surface area (Å²) in [5.41, 5.74) is 0.554. The van der Waals surface area contributed by atoms with Gasteiger partial charge in [-0.05, 0) is 12.5 Å². The lowest BCUT2D eigenvalue weighted by molar-refractivity contribution is -0.384. The molecule has 0 radical (unpaired) electrons. The van der Waals surface area contributed by atoms with E-state index in [0.29, 0.717) is 12.1 Å². The van der Waals surface area contributed by atoms with Gasteiger partial charge >= 0.3 is 6.09 Å². The van der Waals surface area contributed by atoms with Crippen molar-refractivity contribution in [1.82, 2.24) is 4.90 Å². The number of carbonyl (C=O) groups excluding carboxylic acids is 1. The Kier molecular flexibility index (Phi) is 4.63. The number of hydrogen-bond donors (Lipinski definition) is 0. The Balaban J connectivity index is 2.82. The SMILES string of the molecule is CCN(Cc1cccc([N+](=O)[O-])c1)C(=O)OC#N. The Morgan fingerprint density at radius 3 is 2.89 bits per heavy atom. The number of nitriles is 1. The fourth-order valence-corrected chi connectivity index (χ4v) is 1.40. The van der Waals surface area contributed by atoms with E-state index in [1.165, 1.54) is 29.4 Å². The van der Waals surface area contributed by atoms with Crippen molar-refractivity contribution < 1.29 is 14.5 Å². The van der Waals surface area contributed by atoms with Crippen molar-refractivity contribution in [3.05, 3.63) is 39.9 Å². The van der Waals surface area contributed by atoms with Crippen molar-refractivity contribution >= 4 is 11.8 Å². The van der Waals surface area contributed by atoms with Crippen molar-refractivity contribution in [2.45, 2.75) is 13.5 Å². The molecule has 0 heterocycles. The van der Waals surface area contributed by atoms with Gasteiger partial charge in [0.15, 0.2) is 0 Å². The minimum absolute atomic E-state index is 0.0443. The molecule has 0 aliphatic carbocycles. The summed E-state index contributed by atoms with van der Waals surface area (Å²) >= 11 is 0. The topological polar surface area (TPSA) is 96.5 Å². The molecule has 0 saturated heterocycles. The highest BCUT2D eigenvalue weighted by Crippen LogP contribution is 2.15. The second-order valence-electron chi connectivity index (χ2n) is 3.40. The molecule has 0 aromatic heterocycles. The fourth-order valence-electron chi connectivity index (χ4n) is 1.40. The minimum Gasteiger partial charge on any atom is -0.333 e. The maximum absolute atomic E-state index is 11.3. The highest BCUT2D eigenvalue weighted by atomic mass is 16.6. The molecular weight excluding hydrogens is 238 g/mol. The molecule has 0 N–H and O–H groups in total. The minimum atomic E-state index is -0.772. The molecule has 0 aliphatic heterocycles. The molecule has 94 valence electrons. The number of benzene rings is 1. The van der Waals surface area contributed by atoms with Gasteiger partial charge in [-0.1, -0.05) is 12.1 Å². The number of carbonyl (C=O) groups is 1. The van der Waals surface area contributed by atoms with E-state index < -0.39 is 11.0 Å². The molecule has 7 nitrogen and oxygen atoms in total. The van der Waals surface area contributed by atoms with Crippen LogP contribution in [0.3, 0.4) is 0 Å². The zero-order chi connectivity index (χ0) is 13.5. The molecule has 0 atom stereocenters. The van der Waals surface area contributed by atoms with E-state index in [-0.39, 0.29) is 12.2 Å². The van der Waals surface area contributed by atoms with Crippen molar-refractivity contribution in [2.75, 3.05) is 6.54 Å². The molecule has 1 aromatic carbocycles. The number of nitro benzene ring substituents is 1. The summed E-state index contributed by atoms with van der Waals surface area (Å²) in [4.78, 5) is 22.7. The van der Waals surface area contributed by atoms with Gasteiger partial charge in [0, 0.05) is 25.2 Å². The second kappa shape index (κ2) is 6.20. The van der Waals surface area contributed by atoms with Crippen LogP contribution in [0, 0.1) is 21.6 Å². The molecule has 0 fully saturated rings. The quantitative estimate of drug-likeness (QED) is 0.462. The maximum Gasteiger partial charge on any atom is 0.425 e. The summed E-state index contributed by atoms with van der Waals surface area (Å²) in [6.07, 6.45) is 0.526. The molecule has 0 bridgehead atoms. The Bertz CT molecular complexity index is 495. The predicted molar refractivity (Wildman–Crippen MR) is 61.3 cm³/mol.